The van der Waals surface area contributed by atoms with E-state index in [2.05, 4.69) is 20.8 Å². The second kappa shape index (κ2) is 61.0. The maximum atomic E-state index is 12.9. The lowest BCUT2D eigenvalue weighted by Gasteiger charge is -2.18. The molecule has 0 aliphatic carbocycles. The summed E-state index contributed by atoms with van der Waals surface area (Å²) in [5, 5.41) is 0. The lowest BCUT2D eigenvalue weighted by atomic mass is 10.0. The van der Waals surface area contributed by atoms with Crippen molar-refractivity contribution in [2.45, 2.75) is 386 Å². The van der Waals surface area contributed by atoms with Crippen molar-refractivity contribution in [3.63, 3.8) is 0 Å². The summed E-state index contributed by atoms with van der Waals surface area (Å²) in [6.07, 6.45) is 69.7. The minimum Gasteiger partial charge on any atom is -0.462 e. The van der Waals surface area contributed by atoms with Gasteiger partial charge in [0, 0.05) is 19.3 Å². The monoisotopic (exact) mass is 1000 g/mol. The van der Waals surface area contributed by atoms with E-state index in [1.165, 1.54) is 283 Å². The van der Waals surface area contributed by atoms with Crippen LogP contribution in [0.3, 0.4) is 0 Å². The topological polar surface area (TPSA) is 78.9 Å². The summed E-state index contributed by atoms with van der Waals surface area (Å²) in [6.45, 7) is 6.73. The first-order chi connectivity index (χ1) is 35.0. The number of hydrogen-bond donors (Lipinski definition) is 0. The third-order valence-electron chi connectivity index (χ3n) is 15.1. The molecule has 0 rings (SSSR count). The molecular weight excluding hydrogens is 877 g/mol. The van der Waals surface area contributed by atoms with Crippen molar-refractivity contribution in [3.05, 3.63) is 0 Å². The molecule has 0 N–H and O–H groups in total. The van der Waals surface area contributed by atoms with E-state index in [0.717, 1.165) is 57.8 Å². The van der Waals surface area contributed by atoms with E-state index in [1.807, 2.05) is 0 Å². The smallest absolute Gasteiger partial charge is 0.306 e. The Morgan fingerprint density at radius 3 is 0.563 bits per heavy atom. The van der Waals surface area contributed by atoms with Crippen molar-refractivity contribution in [1.82, 2.24) is 0 Å². The highest BCUT2D eigenvalue weighted by Crippen LogP contribution is 2.19. The van der Waals surface area contributed by atoms with Crippen LogP contribution in [0.5, 0.6) is 0 Å². The van der Waals surface area contributed by atoms with Crippen LogP contribution >= 0.6 is 0 Å². The minimum absolute atomic E-state index is 0.0605. The van der Waals surface area contributed by atoms with Gasteiger partial charge in [0.05, 0.1) is 0 Å². The van der Waals surface area contributed by atoms with Crippen LogP contribution in [0, 0.1) is 0 Å². The largest absolute Gasteiger partial charge is 0.462 e. The molecule has 0 unspecified atom stereocenters. The van der Waals surface area contributed by atoms with Crippen LogP contribution in [0.1, 0.15) is 380 Å². The number of unbranched alkanes of at least 4 members (excludes halogenated alkanes) is 50. The molecule has 0 aromatic carbocycles. The number of esters is 3. The first-order valence-corrected chi connectivity index (χ1v) is 32.5. The lowest BCUT2D eigenvalue weighted by Crippen LogP contribution is -2.30. The number of hydrogen-bond acceptors (Lipinski definition) is 6. The van der Waals surface area contributed by atoms with E-state index in [0.29, 0.717) is 19.3 Å². The molecule has 0 fully saturated rings. The van der Waals surface area contributed by atoms with E-state index in [9.17, 15) is 14.4 Å². The Morgan fingerprint density at radius 1 is 0.225 bits per heavy atom. The number of rotatable bonds is 61. The fourth-order valence-electron chi connectivity index (χ4n) is 10.2. The third kappa shape index (κ3) is 59.2. The Bertz CT molecular complexity index is 1060. The summed E-state index contributed by atoms with van der Waals surface area (Å²) >= 11 is 0. The van der Waals surface area contributed by atoms with Gasteiger partial charge >= 0.3 is 17.9 Å². The number of ether oxygens (including phenoxy) is 3. The zero-order valence-electron chi connectivity index (χ0n) is 48.5. The number of carbonyl (C=O) groups is 3. The second-order valence-corrected chi connectivity index (χ2v) is 22.4. The molecule has 6 heteroatoms. The Morgan fingerprint density at radius 2 is 0.380 bits per heavy atom. The van der Waals surface area contributed by atoms with Gasteiger partial charge in [-0.15, -0.1) is 0 Å². The average Bonchev–Trinajstić information content (AvgIpc) is 3.37. The molecule has 0 aromatic rings. The molecule has 0 amide bonds. The van der Waals surface area contributed by atoms with Crippen molar-refractivity contribution < 1.29 is 28.6 Å². The maximum absolute atomic E-state index is 12.9. The molecule has 422 valence electrons. The summed E-state index contributed by atoms with van der Waals surface area (Å²) in [7, 11) is 0. The SMILES string of the molecule is CCCCCCCCCCCCCCCCCCCCCCCC(=O)OC[C@H](COC(=O)CCCCCCCCCCCCCCC)OC(=O)CCCCCCCCCCCCCCCCCCCCC. The van der Waals surface area contributed by atoms with E-state index in [1.54, 1.807) is 0 Å². The lowest BCUT2D eigenvalue weighted by molar-refractivity contribution is -0.167. The average molecular weight is 1000 g/mol. The normalized spacial score (nSPS) is 11.9. The summed E-state index contributed by atoms with van der Waals surface area (Å²) < 4.78 is 17.0. The van der Waals surface area contributed by atoms with Gasteiger partial charge in [0.2, 0.25) is 0 Å². The van der Waals surface area contributed by atoms with Gasteiger partial charge in [-0.05, 0) is 19.3 Å². The number of carbonyl (C=O) groups excluding carboxylic acids is 3. The molecule has 0 saturated carbocycles. The Labute approximate surface area is 444 Å². The van der Waals surface area contributed by atoms with Crippen LogP contribution in [0.4, 0.5) is 0 Å². The standard InChI is InChI=1S/C65H126O6/c1-4-7-10-13-16-19-22-25-27-29-31-32-34-35-37-40-43-46-49-52-55-58-64(67)70-61-62(60-69-63(66)57-54-51-48-45-42-39-24-21-18-15-12-9-6-3)71-65(68)59-56-53-50-47-44-41-38-36-33-30-28-26-23-20-17-14-11-8-5-2/h62H,4-61H2,1-3H3/t62-/m0/s1. The molecule has 6 nitrogen and oxygen atoms in total. The first-order valence-electron chi connectivity index (χ1n) is 32.5. The quantitative estimate of drug-likeness (QED) is 0.0343. The van der Waals surface area contributed by atoms with Gasteiger partial charge in [0.25, 0.3) is 0 Å². The third-order valence-corrected chi connectivity index (χ3v) is 15.1. The molecule has 0 bridgehead atoms. The molecule has 71 heavy (non-hydrogen) atoms. The van der Waals surface area contributed by atoms with Crippen molar-refractivity contribution in [3.8, 4) is 0 Å². The first kappa shape index (κ1) is 69.4. The van der Waals surface area contributed by atoms with Gasteiger partial charge in [0.1, 0.15) is 13.2 Å². The molecule has 0 aromatic heterocycles. The van der Waals surface area contributed by atoms with Crippen LogP contribution < -0.4 is 0 Å². The minimum atomic E-state index is -0.762. The van der Waals surface area contributed by atoms with Crippen molar-refractivity contribution in [2.75, 3.05) is 13.2 Å². The molecule has 0 saturated heterocycles. The summed E-state index contributed by atoms with van der Waals surface area (Å²) in [5.41, 5.74) is 0. The summed E-state index contributed by atoms with van der Waals surface area (Å²) in [6, 6.07) is 0. The molecule has 0 aliphatic heterocycles. The van der Waals surface area contributed by atoms with E-state index in [4.69, 9.17) is 14.2 Å². The van der Waals surface area contributed by atoms with E-state index < -0.39 is 6.10 Å². The van der Waals surface area contributed by atoms with Gasteiger partial charge in [-0.3, -0.25) is 14.4 Å². The van der Waals surface area contributed by atoms with Crippen molar-refractivity contribution in [1.29, 1.82) is 0 Å². The van der Waals surface area contributed by atoms with Gasteiger partial charge in [-0.25, -0.2) is 0 Å². The van der Waals surface area contributed by atoms with Crippen LogP contribution in [0.25, 0.3) is 0 Å². The van der Waals surface area contributed by atoms with E-state index in [-0.39, 0.29) is 31.1 Å². The van der Waals surface area contributed by atoms with Crippen LogP contribution in [-0.2, 0) is 28.6 Å². The summed E-state index contributed by atoms with van der Waals surface area (Å²) in [4.78, 5) is 38.3. The zero-order chi connectivity index (χ0) is 51.4. The Kier molecular flexibility index (Phi) is 59.6. The van der Waals surface area contributed by atoms with Gasteiger partial charge in [-0.1, -0.05) is 342 Å². The van der Waals surface area contributed by atoms with Gasteiger partial charge < -0.3 is 14.2 Å². The highest BCUT2D eigenvalue weighted by atomic mass is 16.6. The highest BCUT2D eigenvalue weighted by molar-refractivity contribution is 5.71. The van der Waals surface area contributed by atoms with Crippen molar-refractivity contribution >= 4 is 17.9 Å². The predicted octanol–water partition coefficient (Wildman–Crippen LogP) is 21.9. The fourth-order valence-corrected chi connectivity index (χ4v) is 10.2. The Hall–Kier alpha value is -1.59. The summed E-state index contributed by atoms with van der Waals surface area (Å²) in [5.74, 6) is -0.824. The highest BCUT2D eigenvalue weighted by Gasteiger charge is 2.19. The maximum Gasteiger partial charge on any atom is 0.306 e. The van der Waals surface area contributed by atoms with Crippen LogP contribution in [-0.4, -0.2) is 37.2 Å². The second-order valence-electron chi connectivity index (χ2n) is 22.4. The van der Waals surface area contributed by atoms with Gasteiger partial charge in [-0.2, -0.15) is 0 Å². The van der Waals surface area contributed by atoms with Crippen molar-refractivity contribution in [2.24, 2.45) is 0 Å². The van der Waals surface area contributed by atoms with Crippen LogP contribution in [0.2, 0.25) is 0 Å². The molecule has 1 atom stereocenters. The molecule has 0 heterocycles. The molecule has 0 aliphatic rings. The fraction of sp³-hybridized carbons (Fsp3) is 0.954. The molecule has 0 radical (unpaired) electrons. The van der Waals surface area contributed by atoms with Gasteiger partial charge in [0.15, 0.2) is 6.10 Å². The zero-order valence-corrected chi connectivity index (χ0v) is 48.5. The van der Waals surface area contributed by atoms with E-state index >= 15 is 0 Å². The van der Waals surface area contributed by atoms with Crippen LogP contribution in [0.15, 0.2) is 0 Å². The molecular formula is C65H126O6. The molecule has 0 spiro atoms. The Balaban J connectivity index is 4.23. The predicted molar refractivity (Wildman–Crippen MR) is 307 cm³/mol.